The van der Waals surface area contributed by atoms with E-state index in [1.165, 1.54) is 6.26 Å². The van der Waals surface area contributed by atoms with Gasteiger partial charge in [-0.2, -0.15) is 0 Å². The van der Waals surface area contributed by atoms with Gasteiger partial charge in [-0.25, -0.2) is 9.59 Å². The topological polar surface area (TPSA) is 136 Å². The molecule has 4 N–H and O–H groups in total. The molecule has 138 valence electrons. The van der Waals surface area contributed by atoms with Gasteiger partial charge in [0.2, 0.25) is 5.76 Å². The fourth-order valence-corrected chi connectivity index (χ4v) is 3.09. The van der Waals surface area contributed by atoms with Crippen molar-refractivity contribution in [2.24, 2.45) is 5.73 Å². The minimum Gasteiger partial charge on any atom is -0.480 e. The second-order valence-electron chi connectivity index (χ2n) is 6.29. The van der Waals surface area contributed by atoms with Crippen LogP contribution in [0.25, 0.3) is 10.8 Å². The Labute approximate surface area is 149 Å². The number of nitrogens with two attached hydrogens (primary N) is 1. The number of nitrogen functional groups attached to an aromatic ring is 1. The molecule has 1 aromatic heterocycles. The maximum Gasteiger partial charge on any atom is 0.375 e. The molecule has 8 heteroatoms. The summed E-state index contributed by atoms with van der Waals surface area (Å²) < 4.78 is 16.2. The van der Waals surface area contributed by atoms with E-state index in [1.54, 1.807) is 18.2 Å². The first-order chi connectivity index (χ1) is 12.4. The molecule has 1 heterocycles. The Morgan fingerprint density at radius 1 is 1.23 bits per heavy atom. The van der Waals surface area contributed by atoms with Crippen molar-refractivity contribution in [2.75, 3.05) is 6.61 Å². The van der Waals surface area contributed by atoms with Crippen molar-refractivity contribution in [3.05, 3.63) is 35.8 Å². The summed E-state index contributed by atoms with van der Waals surface area (Å²) in [5, 5.41) is 17.4. The zero-order valence-electron chi connectivity index (χ0n) is 14.1. The van der Waals surface area contributed by atoms with Crippen LogP contribution in [0.5, 0.6) is 0 Å². The number of nitrogens with one attached hydrogen (secondary N) is 1. The van der Waals surface area contributed by atoms with Crippen molar-refractivity contribution in [3.63, 3.8) is 0 Å². The van der Waals surface area contributed by atoms with Gasteiger partial charge in [0.1, 0.15) is 18.5 Å². The molecule has 0 amide bonds. The molecule has 1 aliphatic carbocycles. The molecule has 8 nitrogen and oxygen atoms in total. The maximum atomic E-state index is 12.4. The van der Waals surface area contributed by atoms with Gasteiger partial charge in [0.05, 0.1) is 12.4 Å². The van der Waals surface area contributed by atoms with Gasteiger partial charge in [-0.1, -0.05) is 6.07 Å². The van der Waals surface area contributed by atoms with E-state index in [2.05, 4.69) is 0 Å². The minimum absolute atomic E-state index is 0.0564. The molecule has 0 aliphatic heterocycles. The predicted molar refractivity (Wildman–Crippen MR) is 92.3 cm³/mol. The lowest BCUT2D eigenvalue weighted by Crippen LogP contribution is -2.29. The van der Waals surface area contributed by atoms with Crippen LogP contribution in [-0.4, -0.2) is 41.7 Å². The van der Waals surface area contributed by atoms with E-state index in [9.17, 15) is 9.59 Å². The number of amidine groups is 1. The molecule has 1 aliphatic rings. The van der Waals surface area contributed by atoms with Gasteiger partial charge in [0.25, 0.3) is 0 Å². The third kappa shape index (κ3) is 4.02. The number of carbonyl (C=O) groups is 2. The van der Waals surface area contributed by atoms with E-state index in [4.69, 9.17) is 30.1 Å². The Bertz CT molecular complexity index is 835. The number of carboxylic acids is 1. The zero-order chi connectivity index (χ0) is 18.7. The largest absolute Gasteiger partial charge is 0.480 e. The number of fused-ring (bicyclic) bond motifs is 1. The van der Waals surface area contributed by atoms with E-state index in [-0.39, 0.29) is 30.4 Å². The molecule has 0 bridgehead atoms. The number of benzene rings is 1. The molecule has 0 saturated heterocycles. The highest BCUT2D eigenvalue weighted by Gasteiger charge is 2.27. The Kier molecular flexibility index (Phi) is 5.22. The van der Waals surface area contributed by atoms with Crippen LogP contribution in [0.2, 0.25) is 0 Å². The molecular formula is C18H20N2O6. The van der Waals surface area contributed by atoms with Crippen LogP contribution in [0, 0.1) is 5.41 Å². The maximum absolute atomic E-state index is 12.4. The van der Waals surface area contributed by atoms with Gasteiger partial charge >= 0.3 is 11.9 Å². The zero-order valence-corrected chi connectivity index (χ0v) is 14.1. The Hall–Kier alpha value is -2.87. The number of hydrogen-bond donors (Lipinski definition) is 3. The third-order valence-corrected chi connectivity index (χ3v) is 4.43. The molecule has 0 atom stereocenters. The van der Waals surface area contributed by atoms with Gasteiger partial charge < -0.3 is 24.7 Å². The monoisotopic (exact) mass is 360 g/mol. The first kappa shape index (κ1) is 17.9. The predicted octanol–water partition coefficient (Wildman–Crippen LogP) is 2.29. The number of carbonyl (C=O) groups excluding carboxylic acids is 1. The van der Waals surface area contributed by atoms with Crippen LogP contribution in [-0.2, 0) is 14.3 Å². The fourth-order valence-electron chi connectivity index (χ4n) is 3.09. The molecule has 2 aromatic rings. The molecule has 0 unspecified atom stereocenters. The van der Waals surface area contributed by atoms with Crippen LogP contribution in [0.1, 0.15) is 41.8 Å². The lowest BCUT2D eigenvalue weighted by Gasteiger charge is -2.27. The number of hydrogen-bond acceptors (Lipinski definition) is 6. The van der Waals surface area contributed by atoms with E-state index < -0.39 is 11.9 Å². The number of carboxylic acid groups (broad SMARTS) is 1. The third-order valence-electron chi connectivity index (χ3n) is 4.43. The SMILES string of the molecule is N=C(N)c1ccc2c(C(=O)OC3CCC(OCC(=O)O)CC3)occ2c1. The summed E-state index contributed by atoms with van der Waals surface area (Å²) in [5.74, 6) is -1.46. The van der Waals surface area contributed by atoms with Crippen LogP contribution in [0.4, 0.5) is 0 Å². The summed E-state index contributed by atoms with van der Waals surface area (Å²) in [7, 11) is 0. The highest BCUT2D eigenvalue weighted by molar-refractivity contribution is 6.05. The van der Waals surface area contributed by atoms with Crippen molar-refractivity contribution in [3.8, 4) is 0 Å². The average Bonchev–Trinajstić information content (AvgIpc) is 3.04. The van der Waals surface area contributed by atoms with E-state index in [1.807, 2.05) is 0 Å². The summed E-state index contributed by atoms with van der Waals surface area (Å²) in [6.45, 7) is -0.310. The Morgan fingerprint density at radius 2 is 1.92 bits per heavy atom. The van der Waals surface area contributed by atoms with Gasteiger partial charge in [0, 0.05) is 16.3 Å². The first-order valence-electron chi connectivity index (χ1n) is 8.34. The fraction of sp³-hybridized carbons (Fsp3) is 0.389. The van der Waals surface area contributed by atoms with E-state index in [0.29, 0.717) is 42.0 Å². The first-order valence-corrected chi connectivity index (χ1v) is 8.34. The number of rotatable bonds is 6. The average molecular weight is 360 g/mol. The molecule has 1 saturated carbocycles. The lowest BCUT2D eigenvalue weighted by atomic mass is 9.95. The molecule has 26 heavy (non-hydrogen) atoms. The second kappa shape index (κ2) is 7.57. The standard InChI is InChI=1S/C18H20N2O6/c19-17(20)10-1-6-14-11(7-10)8-25-16(14)18(23)26-13-4-2-12(3-5-13)24-9-15(21)22/h1,6-8,12-13H,2-5,9H2,(H3,19,20)(H,21,22). The second-order valence-corrected chi connectivity index (χ2v) is 6.29. The van der Waals surface area contributed by atoms with Crippen molar-refractivity contribution in [1.29, 1.82) is 5.41 Å². The van der Waals surface area contributed by atoms with Crippen LogP contribution in [0.3, 0.4) is 0 Å². The molecule has 3 rings (SSSR count). The smallest absolute Gasteiger partial charge is 0.375 e. The van der Waals surface area contributed by atoms with Gasteiger partial charge in [-0.05, 0) is 37.8 Å². The molecule has 0 spiro atoms. The Balaban J connectivity index is 1.60. The van der Waals surface area contributed by atoms with E-state index >= 15 is 0 Å². The van der Waals surface area contributed by atoms with Gasteiger partial charge in [-0.15, -0.1) is 0 Å². The van der Waals surface area contributed by atoms with Crippen molar-refractivity contribution in [2.45, 2.75) is 37.9 Å². The summed E-state index contributed by atoms with van der Waals surface area (Å²) in [6, 6.07) is 5.02. The van der Waals surface area contributed by atoms with Crippen LogP contribution < -0.4 is 5.73 Å². The summed E-state index contributed by atoms with van der Waals surface area (Å²) in [5.41, 5.74) is 6.02. The highest BCUT2D eigenvalue weighted by atomic mass is 16.6. The van der Waals surface area contributed by atoms with Crippen LogP contribution in [0.15, 0.2) is 28.9 Å². The number of esters is 1. The normalized spacial score (nSPS) is 20.0. The molecule has 1 aromatic carbocycles. The number of furan rings is 1. The summed E-state index contributed by atoms with van der Waals surface area (Å²) in [4.78, 5) is 22.9. The summed E-state index contributed by atoms with van der Waals surface area (Å²) in [6.07, 6.45) is 3.60. The lowest BCUT2D eigenvalue weighted by molar-refractivity contribution is -0.145. The number of aliphatic carboxylic acids is 1. The highest BCUT2D eigenvalue weighted by Crippen LogP contribution is 2.27. The van der Waals surface area contributed by atoms with Gasteiger partial charge in [0.15, 0.2) is 0 Å². The van der Waals surface area contributed by atoms with Crippen LogP contribution >= 0.6 is 0 Å². The van der Waals surface area contributed by atoms with Crippen molar-refractivity contribution in [1.82, 2.24) is 0 Å². The molecular weight excluding hydrogens is 340 g/mol. The number of ether oxygens (including phenoxy) is 2. The van der Waals surface area contributed by atoms with Gasteiger partial charge in [-0.3, -0.25) is 5.41 Å². The minimum atomic E-state index is -0.990. The molecule has 1 fully saturated rings. The van der Waals surface area contributed by atoms with Crippen molar-refractivity contribution >= 4 is 28.5 Å². The Morgan fingerprint density at radius 3 is 2.58 bits per heavy atom. The van der Waals surface area contributed by atoms with Crippen molar-refractivity contribution < 1.29 is 28.6 Å². The quantitative estimate of drug-likeness (QED) is 0.408. The van der Waals surface area contributed by atoms with E-state index in [0.717, 1.165) is 0 Å². The summed E-state index contributed by atoms with van der Waals surface area (Å²) >= 11 is 0. The molecule has 0 radical (unpaired) electrons.